The van der Waals surface area contributed by atoms with Gasteiger partial charge in [-0.3, -0.25) is 9.36 Å². The van der Waals surface area contributed by atoms with Crippen LogP contribution >= 0.6 is 11.6 Å². The zero-order valence-corrected chi connectivity index (χ0v) is 17.0. The Labute approximate surface area is 178 Å². The maximum atomic E-state index is 13.5. The van der Waals surface area contributed by atoms with Crippen molar-refractivity contribution in [3.05, 3.63) is 100 Å². The number of aromatic nitrogens is 3. The van der Waals surface area contributed by atoms with Crippen LogP contribution in [0.5, 0.6) is 0 Å². The van der Waals surface area contributed by atoms with E-state index in [0.29, 0.717) is 10.4 Å². The van der Waals surface area contributed by atoms with Crippen LogP contribution in [0.2, 0.25) is 5.02 Å². The van der Waals surface area contributed by atoms with Crippen molar-refractivity contribution in [3.63, 3.8) is 0 Å². The first-order valence-electron chi connectivity index (χ1n) is 9.72. The van der Waals surface area contributed by atoms with Crippen molar-refractivity contribution in [3.8, 4) is 5.69 Å². The number of pyridine rings is 1. The van der Waals surface area contributed by atoms with Crippen LogP contribution < -0.4 is 10.9 Å². The van der Waals surface area contributed by atoms with E-state index in [1.54, 1.807) is 17.0 Å². The Morgan fingerprint density at radius 3 is 2.67 bits per heavy atom. The standard InChI is InChI=1S/C24H19ClN4O/c1-15(28-20-12-6-11-19-23(20)27-14-26-19)21-13-16-7-5-10-18(25)22(16)24(30)29(21)17-8-3-2-4-9-17/h2-15,28H,1H3,(H,26,27)/t15-/m0/s1. The quantitative estimate of drug-likeness (QED) is 0.397. The van der Waals surface area contributed by atoms with Gasteiger partial charge in [0.2, 0.25) is 0 Å². The number of rotatable bonds is 4. The number of aromatic amines is 1. The van der Waals surface area contributed by atoms with Crippen LogP contribution in [0.4, 0.5) is 5.69 Å². The Kier molecular flexibility index (Phi) is 4.52. The molecule has 5 aromatic rings. The normalized spacial score (nSPS) is 12.3. The lowest BCUT2D eigenvalue weighted by atomic mass is 10.1. The van der Waals surface area contributed by atoms with E-state index in [2.05, 4.69) is 15.3 Å². The van der Waals surface area contributed by atoms with Gasteiger partial charge in [0, 0.05) is 11.4 Å². The minimum Gasteiger partial charge on any atom is -0.375 e. The van der Waals surface area contributed by atoms with E-state index in [9.17, 15) is 4.79 Å². The SMILES string of the molecule is C[C@H](Nc1cccc2[nH]cnc12)c1cc2cccc(Cl)c2c(=O)n1-c1ccccc1. The fourth-order valence-electron chi connectivity index (χ4n) is 3.89. The van der Waals surface area contributed by atoms with E-state index in [1.165, 1.54) is 0 Å². The van der Waals surface area contributed by atoms with Crippen LogP contribution in [0.25, 0.3) is 27.5 Å². The summed E-state index contributed by atoms with van der Waals surface area (Å²) in [6.07, 6.45) is 1.68. The largest absolute Gasteiger partial charge is 0.375 e. The molecule has 1 atom stereocenters. The predicted molar refractivity (Wildman–Crippen MR) is 123 cm³/mol. The highest BCUT2D eigenvalue weighted by atomic mass is 35.5. The lowest BCUT2D eigenvalue weighted by Crippen LogP contribution is -2.25. The summed E-state index contributed by atoms with van der Waals surface area (Å²) in [5.41, 5.74) is 4.23. The lowest BCUT2D eigenvalue weighted by molar-refractivity contribution is 0.778. The number of anilines is 1. The van der Waals surface area contributed by atoms with Gasteiger partial charge in [0.1, 0.15) is 5.52 Å². The molecule has 0 aliphatic rings. The first kappa shape index (κ1) is 18.5. The third kappa shape index (κ3) is 3.04. The number of hydrogen-bond donors (Lipinski definition) is 2. The van der Waals surface area contributed by atoms with Crippen molar-refractivity contribution in [2.24, 2.45) is 0 Å². The molecule has 5 nitrogen and oxygen atoms in total. The average Bonchev–Trinajstić information content (AvgIpc) is 3.24. The number of benzene rings is 3. The molecule has 0 fully saturated rings. The second kappa shape index (κ2) is 7.35. The van der Waals surface area contributed by atoms with Gasteiger partial charge < -0.3 is 10.3 Å². The van der Waals surface area contributed by atoms with Crippen LogP contribution in [-0.4, -0.2) is 14.5 Å². The van der Waals surface area contributed by atoms with Crippen LogP contribution in [0.15, 0.2) is 83.9 Å². The van der Waals surface area contributed by atoms with Crippen molar-refractivity contribution >= 4 is 39.1 Å². The molecule has 2 heterocycles. The molecule has 0 aliphatic carbocycles. The third-order valence-corrected chi connectivity index (χ3v) is 5.62. The highest BCUT2D eigenvalue weighted by Gasteiger charge is 2.18. The summed E-state index contributed by atoms with van der Waals surface area (Å²) in [6, 6.07) is 23.0. The molecule has 6 heteroatoms. The minimum atomic E-state index is -0.163. The predicted octanol–water partition coefficient (Wildman–Crippen LogP) is 5.69. The number of fused-ring (bicyclic) bond motifs is 2. The summed E-state index contributed by atoms with van der Waals surface area (Å²) in [4.78, 5) is 21.1. The number of H-pyrrole nitrogens is 1. The molecule has 0 aliphatic heterocycles. The van der Waals surface area contributed by atoms with Gasteiger partial charge in [0.15, 0.2) is 0 Å². The van der Waals surface area contributed by atoms with Gasteiger partial charge in [-0.05, 0) is 48.7 Å². The second-order valence-electron chi connectivity index (χ2n) is 7.22. The van der Waals surface area contributed by atoms with Gasteiger partial charge in [0.25, 0.3) is 5.56 Å². The van der Waals surface area contributed by atoms with Gasteiger partial charge in [0.05, 0.1) is 34.0 Å². The molecule has 148 valence electrons. The van der Waals surface area contributed by atoms with Gasteiger partial charge in [-0.1, -0.05) is 48.0 Å². The fourth-order valence-corrected chi connectivity index (χ4v) is 4.15. The van der Waals surface area contributed by atoms with E-state index >= 15 is 0 Å². The van der Waals surface area contributed by atoms with Gasteiger partial charge >= 0.3 is 0 Å². The molecule has 0 saturated heterocycles. The number of imidazole rings is 1. The molecule has 0 spiro atoms. The highest BCUT2D eigenvalue weighted by molar-refractivity contribution is 6.35. The van der Waals surface area contributed by atoms with Crippen LogP contribution in [0.1, 0.15) is 18.7 Å². The van der Waals surface area contributed by atoms with Gasteiger partial charge in [-0.25, -0.2) is 4.98 Å². The zero-order chi connectivity index (χ0) is 20.7. The summed E-state index contributed by atoms with van der Waals surface area (Å²) in [7, 11) is 0. The molecular weight excluding hydrogens is 396 g/mol. The fraction of sp³-hybridized carbons (Fsp3) is 0.0833. The van der Waals surface area contributed by atoms with Crippen molar-refractivity contribution in [2.75, 3.05) is 5.32 Å². The van der Waals surface area contributed by atoms with E-state index < -0.39 is 0 Å². The molecule has 30 heavy (non-hydrogen) atoms. The van der Waals surface area contributed by atoms with Crippen molar-refractivity contribution in [1.29, 1.82) is 0 Å². The summed E-state index contributed by atoms with van der Waals surface area (Å²) in [6.45, 7) is 2.04. The zero-order valence-electron chi connectivity index (χ0n) is 16.3. The lowest BCUT2D eigenvalue weighted by Gasteiger charge is -2.22. The molecule has 5 rings (SSSR count). The Bertz CT molecular complexity index is 1420. The average molecular weight is 415 g/mol. The molecule has 0 unspecified atom stereocenters. The summed E-state index contributed by atoms with van der Waals surface area (Å²) >= 11 is 6.40. The molecular formula is C24H19ClN4O. The number of hydrogen-bond acceptors (Lipinski definition) is 3. The van der Waals surface area contributed by atoms with E-state index in [0.717, 1.165) is 33.5 Å². The third-order valence-electron chi connectivity index (χ3n) is 5.30. The molecule has 3 aromatic carbocycles. The smallest absolute Gasteiger partial charge is 0.264 e. The molecule has 2 N–H and O–H groups in total. The maximum absolute atomic E-state index is 13.5. The molecule has 0 bridgehead atoms. The van der Waals surface area contributed by atoms with E-state index in [1.807, 2.05) is 73.7 Å². The van der Waals surface area contributed by atoms with Crippen molar-refractivity contribution in [1.82, 2.24) is 14.5 Å². The van der Waals surface area contributed by atoms with Gasteiger partial charge in [-0.2, -0.15) is 0 Å². The molecule has 0 saturated carbocycles. The first-order chi connectivity index (χ1) is 14.6. The molecule has 2 aromatic heterocycles. The van der Waals surface area contributed by atoms with Crippen molar-refractivity contribution < 1.29 is 0 Å². The summed E-state index contributed by atoms with van der Waals surface area (Å²) in [5.74, 6) is 0. The maximum Gasteiger partial charge on any atom is 0.264 e. The molecule has 0 amide bonds. The van der Waals surface area contributed by atoms with E-state index in [4.69, 9.17) is 11.6 Å². The Hall–Kier alpha value is -3.57. The second-order valence-corrected chi connectivity index (χ2v) is 7.63. The number of halogens is 1. The van der Waals surface area contributed by atoms with Gasteiger partial charge in [-0.15, -0.1) is 0 Å². The van der Waals surface area contributed by atoms with Crippen LogP contribution in [-0.2, 0) is 0 Å². The van der Waals surface area contributed by atoms with Crippen LogP contribution in [0, 0.1) is 0 Å². The number of nitrogens with zero attached hydrogens (tertiary/aromatic N) is 2. The molecule has 0 radical (unpaired) electrons. The summed E-state index contributed by atoms with van der Waals surface area (Å²) < 4.78 is 1.73. The number of nitrogens with one attached hydrogen (secondary N) is 2. The summed E-state index contributed by atoms with van der Waals surface area (Å²) in [5, 5.41) is 5.33. The van der Waals surface area contributed by atoms with E-state index in [-0.39, 0.29) is 11.6 Å². The number of para-hydroxylation sites is 2. The Balaban J connectivity index is 1.71. The van der Waals surface area contributed by atoms with Crippen LogP contribution in [0.3, 0.4) is 0 Å². The first-order valence-corrected chi connectivity index (χ1v) is 10.1. The highest BCUT2D eigenvalue weighted by Crippen LogP contribution is 2.29. The monoisotopic (exact) mass is 414 g/mol. The minimum absolute atomic E-state index is 0.133. The Morgan fingerprint density at radius 1 is 1.03 bits per heavy atom. The Morgan fingerprint density at radius 2 is 1.83 bits per heavy atom. The topological polar surface area (TPSA) is 62.7 Å². The van der Waals surface area contributed by atoms with Crippen molar-refractivity contribution in [2.45, 2.75) is 13.0 Å².